The summed E-state index contributed by atoms with van der Waals surface area (Å²) in [5, 5.41) is 2.96. The van der Waals surface area contributed by atoms with Crippen molar-refractivity contribution in [2.24, 2.45) is 11.7 Å². The van der Waals surface area contributed by atoms with Crippen LogP contribution >= 0.6 is 0 Å². The summed E-state index contributed by atoms with van der Waals surface area (Å²) in [5.74, 6) is -0.0628. The smallest absolute Gasteiger partial charge is 0.236 e. The van der Waals surface area contributed by atoms with Crippen LogP contribution in [0.5, 0.6) is 0 Å². The van der Waals surface area contributed by atoms with Crippen LogP contribution in [0.3, 0.4) is 0 Å². The van der Waals surface area contributed by atoms with Crippen molar-refractivity contribution in [3.8, 4) is 0 Å². The number of hydrogen-bond donors (Lipinski definition) is 2. The molecule has 3 N–H and O–H groups in total. The van der Waals surface area contributed by atoms with E-state index in [4.69, 9.17) is 5.73 Å². The predicted molar refractivity (Wildman–Crippen MR) is 116 cm³/mol. The van der Waals surface area contributed by atoms with Crippen LogP contribution in [0.2, 0.25) is 0 Å². The van der Waals surface area contributed by atoms with Crippen molar-refractivity contribution in [2.45, 2.75) is 63.3 Å². The SMILES string of the molecule is NC(CC1CCCCC1)C(=O)NCCCC(c1ccc(F)cc1)c1ccc(F)cc1. The van der Waals surface area contributed by atoms with Gasteiger partial charge in [0.15, 0.2) is 0 Å². The molecule has 0 saturated heterocycles. The molecule has 0 aliphatic heterocycles. The topological polar surface area (TPSA) is 55.1 Å². The summed E-state index contributed by atoms with van der Waals surface area (Å²) >= 11 is 0. The number of carbonyl (C=O) groups is 1. The van der Waals surface area contributed by atoms with Crippen LogP contribution in [0.4, 0.5) is 8.78 Å². The van der Waals surface area contributed by atoms with E-state index in [-0.39, 0.29) is 23.5 Å². The van der Waals surface area contributed by atoms with Crippen LogP contribution in [-0.2, 0) is 4.79 Å². The molecule has 1 amide bonds. The van der Waals surface area contributed by atoms with Crippen LogP contribution in [-0.4, -0.2) is 18.5 Å². The van der Waals surface area contributed by atoms with E-state index in [1.807, 2.05) is 0 Å². The minimum Gasteiger partial charge on any atom is -0.355 e. The molecule has 1 aliphatic carbocycles. The lowest BCUT2D eigenvalue weighted by molar-refractivity contribution is -0.122. The van der Waals surface area contributed by atoms with Crippen LogP contribution < -0.4 is 11.1 Å². The maximum atomic E-state index is 13.3. The van der Waals surface area contributed by atoms with Crippen molar-refractivity contribution in [3.05, 3.63) is 71.3 Å². The van der Waals surface area contributed by atoms with Gasteiger partial charge >= 0.3 is 0 Å². The Morgan fingerprint density at radius 2 is 1.47 bits per heavy atom. The molecule has 1 unspecified atom stereocenters. The third kappa shape index (κ3) is 6.63. The van der Waals surface area contributed by atoms with E-state index in [1.54, 1.807) is 24.3 Å². The highest BCUT2D eigenvalue weighted by molar-refractivity contribution is 5.81. The van der Waals surface area contributed by atoms with Crippen LogP contribution in [0.15, 0.2) is 48.5 Å². The number of carbonyl (C=O) groups excluding carboxylic acids is 1. The number of amides is 1. The lowest BCUT2D eigenvalue weighted by Gasteiger charge is -2.24. The second-order valence-corrected chi connectivity index (χ2v) is 8.44. The van der Waals surface area contributed by atoms with Gasteiger partial charge in [0.25, 0.3) is 0 Å². The van der Waals surface area contributed by atoms with E-state index in [0.29, 0.717) is 12.5 Å². The highest BCUT2D eigenvalue weighted by atomic mass is 19.1. The van der Waals surface area contributed by atoms with Gasteiger partial charge in [0.1, 0.15) is 11.6 Å². The highest BCUT2D eigenvalue weighted by Crippen LogP contribution is 2.30. The average molecular weight is 415 g/mol. The number of halogens is 2. The number of nitrogens with two attached hydrogens (primary N) is 1. The molecule has 5 heteroatoms. The summed E-state index contributed by atoms with van der Waals surface area (Å²) in [7, 11) is 0. The van der Waals surface area contributed by atoms with Crippen LogP contribution in [0, 0.1) is 17.6 Å². The van der Waals surface area contributed by atoms with Gasteiger partial charge in [-0.15, -0.1) is 0 Å². The molecule has 2 aromatic carbocycles. The number of rotatable bonds is 9. The molecule has 1 atom stereocenters. The van der Waals surface area contributed by atoms with Gasteiger partial charge in [0, 0.05) is 12.5 Å². The molecule has 3 nitrogen and oxygen atoms in total. The molecule has 0 radical (unpaired) electrons. The lowest BCUT2D eigenvalue weighted by Crippen LogP contribution is -2.42. The Hall–Kier alpha value is -2.27. The Bertz CT molecular complexity index is 740. The second-order valence-electron chi connectivity index (χ2n) is 8.44. The third-order valence-corrected chi connectivity index (χ3v) is 6.16. The predicted octanol–water partition coefficient (Wildman–Crippen LogP) is 5.29. The third-order valence-electron chi connectivity index (χ3n) is 6.16. The first-order valence-corrected chi connectivity index (χ1v) is 11.1. The molecule has 1 fully saturated rings. The molecule has 0 spiro atoms. The van der Waals surface area contributed by atoms with E-state index in [1.165, 1.54) is 56.4 Å². The summed E-state index contributed by atoms with van der Waals surface area (Å²) < 4.78 is 26.7. The summed E-state index contributed by atoms with van der Waals surface area (Å²) in [6, 6.07) is 12.4. The number of hydrogen-bond acceptors (Lipinski definition) is 2. The molecule has 3 rings (SSSR count). The van der Waals surface area contributed by atoms with Gasteiger partial charge in [0.2, 0.25) is 5.91 Å². The molecule has 1 saturated carbocycles. The zero-order valence-electron chi connectivity index (χ0n) is 17.5. The van der Waals surface area contributed by atoms with Crippen molar-refractivity contribution in [3.63, 3.8) is 0 Å². The largest absolute Gasteiger partial charge is 0.355 e. The number of benzene rings is 2. The fourth-order valence-electron chi connectivity index (χ4n) is 4.45. The summed E-state index contributed by atoms with van der Waals surface area (Å²) in [6.07, 6.45) is 8.41. The monoisotopic (exact) mass is 414 g/mol. The van der Waals surface area contributed by atoms with Crippen molar-refractivity contribution < 1.29 is 13.6 Å². The van der Waals surface area contributed by atoms with Gasteiger partial charge in [-0.2, -0.15) is 0 Å². The quantitative estimate of drug-likeness (QED) is 0.548. The molecule has 162 valence electrons. The van der Waals surface area contributed by atoms with Crippen molar-refractivity contribution in [2.75, 3.05) is 6.54 Å². The van der Waals surface area contributed by atoms with Gasteiger partial charge in [0.05, 0.1) is 6.04 Å². The minimum atomic E-state index is -0.446. The molecule has 2 aromatic rings. The van der Waals surface area contributed by atoms with E-state index >= 15 is 0 Å². The Labute approximate surface area is 178 Å². The molecule has 0 aromatic heterocycles. The van der Waals surface area contributed by atoms with Gasteiger partial charge in [-0.25, -0.2) is 8.78 Å². The second kappa shape index (κ2) is 11.2. The van der Waals surface area contributed by atoms with Crippen molar-refractivity contribution in [1.29, 1.82) is 0 Å². The summed E-state index contributed by atoms with van der Waals surface area (Å²) in [4.78, 5) is 12.4. The first-order valence-electron chi connectivity index (χ1n) is 11.1. The first kappa shape index (κ1) is 22.4. The maximum absolute atomic E-state index is 13.3. The van der Waals surface area contributed by atoms with Gasteiger partial charge in [-0.3, -0.25) is 4.79 Å². The van der Waals surface area contributed by atoms with E-state index in [0.717, 1.165) is 30.4 Å². The molecule has 1 aliphatic rings. The normalized spacial score (nSPS) is 15.9. The van der Waals surface area contributed by atoms with Gasteiger partial charge in [-0.05, 0) is 60.6 Å². The number of nitrogens with one attached hydrogen (secondary N) is 1. The van der Waals surface area contributed by atoms with Crippen molar-refractivity contribution >= 4 is 5.91 Å². The zero-order valence-corrected chi connectivity index (χ0v) is 17.5. The fourth-order valence-corrected chi connectivity index (χ4v) is 4.45. The van der Waals surface area contributed by atoms with E-state index < -0.39 is 6.04 Å². The van der Waals surface area contributed by atoms with Gasteiger partial charge in [-0.1, -0.05) is 56.4 Å². The molecule has 0 heterocycles. The fraction of sp³-hybridized carbons (Fsp3) is 0.480. The first-order chi connectivity index (χ1) is 14.5. The Morgan fingerprint density at radius 1 is 0.933 bits per heavy atom. The van der Waals surface area contributed by atoms with Gasteiger partial charge < -0.3 is 11.1 Å². The molecule has 30 heavy (non-hydrogen) atoms. The van der Waals surface area contributed by atoms with Crippen molar-refractivity contribution in [1.82, 2.24) is 5.32 Å². The maximum Gasteiger partial charge on any atom is 0.236 e. The van der Waals surface area contributed by atoms with Crippen LogP contribution in [0.25, 0.3) is 0 Å². The van der Waals surface area contributed by atoms with E-state index in [2.05, 4.69) is 5.32 Å². The Morgan fingerprint density at radius 3 is 2.00 bits per heavy atom. The van der Waals surface area contributed by atoms with E-state index in [9.17, 15) is 13.6 Å². The minimum absolute atomic E-state index is 0.0130. The average Bonchev–Trinajstić information content (AvgIpc) is 2.76. The standard InChI is InChI=1S/C25H32F2N2O/c26-21-12-8-19(9-13-21)23(20-10-14-22(27)15-11-20)7-4-16-29-25(30)24(28)17-18-5-2-1-3-6-18/h8-15,18,23-24H,1-7,16-17,28H2,(H,29,30). The summed E-state index contributed by atoms with van der Waals surface area (Å²) in [6.45, 7) is 0.538. The highest BCUT2D eigenvalue weighted by Gasteiger charge is 2.21. The Balaban J connectivity index is 1.52. The lowest BCUT2D eigenvalue weighted by atomic mass is 9.85. The molecule has 0 bridgehead atoms. The molecular formula is C25H32F2N2O. The Kier molecular flexibility index (Phi) is 8.38. The zero-order chi connectivity index (χ0) is 21.3. The molecular weight excluding hydrogens is 382 g/mol. The van der Waals surface area contributed by atoms with Crippen LogP contribution in [0.1, 0.15) is 68.4 Å². The summed E-state index contributed by atoms with van der Waals surface area (Å²) in [5.41, 5.74) is 8.07.